The summed E-state index contributed by atoms with van der Waals surface area (Å²) in [4.78, 5) is 0. The van der Waals surface area contributed by atoms with Gasteiger partial charge in [-0.1, -0.05) is 97.1 Å². The first kappa shape index (κ1) is 15.7. The predicted octanol–water partition coefficient (Wildman–Crippen LogP) is 7.33. The minimum Gasteiger partial charge on any atom is -0.0619 e. The highest BCUT2D eigenvalue weighted by atomic mass is 14.4. The molecule has 1 aliphatic carbocycles. The molecule has 0 saturated carbocycles. The van der Waals surface area contributed by atoms with E-state index in [9.17, 15) is 0 Å². The standard InChI is InChI=1S/C28H20/c1-28(22-17-16-19-8-2-3-9-21(19)18-22)25-14-5-4-12-23(25)24-13-6-10-20-11-7-15-26(28)27(20)24/h2-18H,1H3. The average molecular weight is 356 g/mol. The Bertz CT molecular complexity index is 1370. The van der Waals surface area contributed by atoms with E-state index in [-0.39, 0.29) is 5.41 Å². The van der Waals surface area contributed by atoms with Gasteiger partial charge in [-0.05, 0) is 62.4 Å². The third-order valence-electron chi connectivity index (χ3n) is 6.53. The van der Waals surface area contributed by atoms with Gasteiger partial charge in [0, 0.05) is 5.41 Å². The summed E-state index contributed by atoms with van der Waals surface area (Å²) < 4.78 is 0. The third-order valence-corrected chi connectivity index (χ3v) is 6.53. The molecular weight excluding hydrogens is 336 g/mol. The second-order valence-corrected chi connectivity index (χ2v) is 7.94. The Morgan fingerprint density at radius 2 is 1.14 bits per heavy atom. The molecule has 1 unspecified atom stereocenters. The highest BCUT2D eigenvalue weighted by Crippen LogP contribution is 2.51. The maximum absolute atomic E-state index is 2.39. The Labute approximate surface area is 165 Å². The van der Waals surface area contributed by atoms with Crippen molar-refractivity contribution in [1.82, 2.24) is 0 Å². The number of benzene rings is 5. The molecule has 0 heteroatoms. The van der Waals surface area contributed by atoms with Crippen molar-refractivity contribution in [2.45, 2.75) is 12.3 Å². The first-order valence-corrected chi connectivity index (χ1v) is 9.88. The molecule has 6 rings (SSSR count). The molecule has 0 fully saturated rings. The summed E-state index contributed by atoms with van der Waals surface area (Å²) in [7, 11) is 0. The molecule has 0 aliphatic heterocycles. The molecule has 28 heavy (non-hydrogen) atoms. The van der Waals surface area contributed by atoms with Crippen molar-refractivity contribution in [3.8, 4) is 11.1 Å². The fraction of sp³-hybridized carbons (Fsp3) is 0.0714. The monoisotopic (exact) mass is 356 g/mol. The molecule has 0 amide bonds. The van der Waals surface area contributed by atoms with Crippen LogP contribution in [0.15, 0.2) is 103 Å². The largest absolute Gasteiger partial charge is 0.0619 e. The van der Waals surface area contributed by atoms with E-state index in [0.717, 1.165) is 0 Å². The van der Waals surface area contributed by atoms with E-state index in [2.05, 4.69) is 110 Å². The molecule has 1 aliphatic rings. The maximum Gasteiger partial charge on any atom is 0.0435 e. The van der Waals surface area contributed by atoms with Gasteiger partial charge >= 0.3 is 0 Å². The molecule has 0 nitrogen and oxygen atoms in total. The van der Waals surface area contributed by atoms with E-state index in [1.54, 1.807) is 0 Å². The van der Waals surface area contributed by atoms with Gasteiger partial charge in [0.05, 0.1) is 0 Å². The van der Waals surface area contributed by atoms with Crippen molar-refractivity contribution in [3.05, 3.63) is 120 Å². The fourth-order valence-electron chi connectivity index (χ4n) is 5.09. The predicted molar refractivity (Wildman–Crippen MR) is 119 cm³/mol. The second kappa shape index (κ2) is 5.56. The Kier molecular flexibility index (Phi) is 3.11. The van der Waals surface area contributed by atoms with Crippen molar-refractivity contribution in [1.29, 1.82) is 0 Å². The van der Waals surface area contributed by atoms with Crippen LogP contribution >= 0.6 is 0 Å². The zero-order valence-electron chi connectivity index (χ0n) is 15.8. The molecule has 0 saturated heterocycles. The van der Waals surface area contributed by atoms with Crippen LogP contribution in [0.25, 0.3) is 32.7 Å². The highest BCUT2D eigenvalue weighted by molar-refractivity contribution is 6.04. The molecule has 1 atom stereocenters. The first-order chi connectivity index (χ1) is 13.8. The molecule has 0 spiro atoms. The average Bonchev–Trinajstić information content (AvgIpc) is 2.77. The smallest absolute Gasteiger partial charge is 0.0435 e. The fourth-order valence-corrected chi connectivity index (χ4v) is 5.09. The van der Waals surface area contributed by atoms with Crippen LogP contribution in [0.2, 0.25) is 0 Å². The van der Waals surface area contributed by atoms with E-state index in [4.69, 9.17) is 0 Å². The van der Waals surface area contributed by atoms with Crippen LogP contribution in [0.5, 0.6) is 0 Å². The number of fused-ring (bicyclic) bond motifs is 3. The molecule has 0 bridgehead atoms. The van der Waals surface area contributed by atoms with E-state index in [0.29, 0.717) is 0 Å². The lowest BCUT2D eigenvalue weighted by molar-refractivity contribution is 0.698. The van der Waals surface area contributed by atoms with Crippen LogP contribution in [0.4, 0.5) is 0 Å². The van der Waals surface area contributed by atoms with Crippen molar-refractivity contribution >= 4 is 21.5 Å². The Balaban J connectivity index is 1.77. The lowest BCUT2D eigenvalue weighted by Crippen LogP contribution is -2.28. The normalized spacial score (nSPS) is 17.6. The van der Waals surface area contributed by atoms with Crippen molar-refractivity contribution in [2.75, 3.05) is 0 Å². The number of rotatable bonds is 1. The van der Waals surface area contributed by atoms with Crippen molar-refractivity contribution in [3.63, 3.8) is 0 Å². The third kappa shape index (κ3) is 1.95. The van der Waals surface area contributed by atoms with E-state index in [1.165, 1.54) is 49.4 Å². The van der Waals surface area contributed by atoms with Crippen LogP contribution < -0.4 is 0 Å². The lowest BCUT2D eigenvalue weighted by Gasteiger charge is -2.38. The van der Waals surface area contributed by atoms with E-state index >= 15 is 0 Å². The molecule has 0 radical (unpaired) electrons. The van der Waals surface area contributed by atoms with Gasteiger partial charge in [0.1, 0.15) is 0 Å². The zero-order valence-corrected chi connectivity index (χ0v) is 15.8. The van der Waals surface area contributed by atoms with Crippen LogP contribution in [0, 0.1) is 0 Å². The van der Waals surface area contributed by atoms with Crippen molar-refractivity contribution < 1.29 is 0 Å². The van der Waals surface area contributed by atoms with Crippen LogP contribution in [-0.4, -0.2) is 0 Å². The molecule has 0 heterocycles. The lowest BCUT2D eigenvalue weighted by atomic mass is 9.64. The van der Waals surface area contributed by atoms with Gasteiger partial charge in [-0.15, -0.1) is 0 Å². The second-order valence-electron chi connectivity index (χ2n) is 7.94. The van der Waals surface area contributed by atoms with E-state index < -0.39 is 0 Å². The Morgan fingerprint density at radius 1 is 0.500 bits per heavy atom. The Morgan fingerprint density at radius 3 is 2.04 bits per heavy atom. The minimum atomic E-state index is -0.186. The highest BCUT2D eigenvalue weighted by Gasteiger charge is 2.38. The molecule has 5 aromatic carbocycles. The van der Waals surface area contributed by atoms with Crippen LogP contribution in [-0.2, 0) is 5.41 Å². The van der Waals surface area contributed by atoms with Gasteiger partial charge in [0.15, 0.2) is 0 Å². The number of hydrogen-bond acceptors (Lipinski definition) is 0. The molecule has 132 valence electrons. The van der Waals surface area contributed by atoms with Crippen LogP contribution in [0.3, 0.4) is 0 Å². The summed E-state index contributed by atoms with van der Waals surface area (Å²) in [6, 6.07) is 37.9. The molecule has 5 aromatic rings. The van der Waals surface area contributed by atoms with Gasteiger partial charge in [0.2, 0.25) is 0 Å². The topological polar surface area (TPSA) is 0 Å². The van der Waals surface area contributed by atoms with E-state index in [1.807, 2.05) is 0 Å². The Hall–Kier alpha value is -3.38. The van der Waals surface area contributed by atoms with Crippen LogP contribution in [0.1, 0.15) is 23.6 Å². The van der Waals surface area contributed by atoms with Gasteiger partial charge in [0.25, 0.3) is 0 Å². The molecule has 0 aromatic heterocycles. The number of hydrogen-bond donors (Lipinski definition) is 0. The molecular formula is C28H20. The maximum atomic E-state index is 2.39. The summed E-state index contributed by atoms with van der Waals surface area (Å²) in [6.45, 7) is 2.39. The quantitative estimate of drug-likeness (QED) is 0.295. The van der Waals surface area contributed by atoms with Gasteiger partial charge in [-0.25, -0.2) is 0 Å². The summed E-state index contributed by atoms with van der Waals surface area (Å²) in [5, 5.41) is 5.29. The molecule has 0 N–H and O–H groups in total. The zero-order chi connectivity index (χ0) is 18.7. The summed E-state index contributed by atoms with van der Waals surface area (Å²) >= 11 is 0. The van der Waals surface area contributed by atoms with Gasteiger partial charge in [-0.3, -0.25) is 0 Å². The minimum absolute atomic E-state index is 0.186. The first-order valence-electron chi connectivity index (χ1n) is 9.88. The van der Waals surface area contributed by atoms with Gasteiger partial charge in [-0.2, -0.15) is 0 Å². The summed E-state index contributed by atoms with van der Waals surface area (Å²) in [5.74, 6) is 0. The van der Waals surface area contributed by atoms with Gasteiger partial charge < -0.3 is 0 Å². The SMILES string of the molecule is CC1(c2ccc3ccccc3c2)c2ccccc2-c2cccc3cccc1c23. The van der Waals surface area contributed by atoms with Crippen molar-refractivity contribution in [2.24, 2.45) is 0 Å². The summed E-state index contributed by atoms with van der Waals surface area (Å²) in [6.07, 6.45) is 0. The summed E-state index contributed by atoms with van der Waals surface area (Å²) in [5.41, 5.74) is 6.64.